The standard InChI is InChI=1S/C27H35N5S/c1-6-21-12-7-8-14-24(21)32-19(2)18-22(20(32)3)26-25(23-13-9-10-15-28-23)29-27(33)31(26)17-11-16-30(4)5/h7-10,12-15,18,25-26H,6,11,16-17H2,1-5H3,(H,29,33)/t25-,26+/m1/s1. The first-order valence-electron chi connectivity index (χ1n) is 11.8. The van der Waals surface area contributed by atoms with E-state index in [1.165, 1.54) is 28.2 Å². The molecule has 0 unspecified atom stereocenters. The van der Waals surface area contributed by atoms with E-state index in [2.05, 4.69) is 97.0 Å². The molecular weight excluding hydrogens is 426 g/mol. The van der Waals surface area contributed by atoms with Crippen molar-refractivity contribution < 1.29 is 0 Å². The number of pyridine rings is 1. The van der Waals surface area contributed by atoms with Crippen LogP contribution in [0.3, 0.4) is 0 Å². The Balaban J connectivity index is 1.79. The van der Waals surface area contributed by atoms with Crippen molar-refractivity contribution in [3.05, 3.63) is 82.9 Å². The fourth-order valence-electron chi connectivity index (χ4n) is 5.03. The van der Waals surface area contributed by atoms with Crippen molar-refractivity contribution in [2.75, 3.05) is 27.2 Å². The number of hydrogen-bond donors (Lipinski definition) is 1. The third-order valence-corrected chi connectivity index (χ3v) is 6.96. The van der Waals surface area contributed by atoms with Gasteiger partial charge in [0.1, 0.15) is 0 Å². The van der Waals surface area contributed by atoms with Crippen molar-refractivity contribution in [2.45, 2.75) is 45.7 Å². The summed E-state index contributed by atoms with van der Waals surface area (Å²) in [5.74, 6) is 0. The molecule has 1 saturated heterocycles. The van der Waals surface area contributed by atoms with Crippen LogP contribution in [-0.2, 0) is 6.42 Å². The molecule has 6 heteroatoms. The van der Waals surface area contributed by atoms with Gasteiger partial charge in [0, 0.05) is 29.8 Å². The van der Waals surface area contributed by atoms with E-state index >= 15 is 0 Å². The fourth-order valence-corrected chi connectivity index (χ4v) is 5.36. The molecule has 0 saturated carbocycles. The van der Waals surface area contributed by atoms with E-state index in [1.54, 1.807) is 0 Å². The Morgan fingerprint density at radius 2 is 1.85 bits per heavy atom. The summed E-state index contributed by atoms with van der Waals surface area (Å²) in [5, 5.41) is 4.41. The number of para-hydroxylation sites is 1. The van der Waals surface area contributed by atoms with Gasteiger partial charge in [-0.3, -0.25) is 4.98 Å². The predicted molar refractivity (Wildman–Crippen MR) is 140 cm³/mol. The summed E-state index contributed by atoms with van der Waals surface area (Å²) in [5.41, 5.74) is 7.47. The summed E-state index contributed by atoms with van der Waals surface area (Å²) in [4.78, 5) is 9.29. The Hall–Kier alpha value is -2.70. The minimum Gasteiger partial charge on any atom is -0.352 e. The van der Waals surface area contributed by atoms with Crippen LogP contribution in [0.4, 0.5) is 0 Å². The van der Waals surface area contributed by atoms with Gasteiger partial charge in [0.25, 0.3) is 0 Å². The second-order valence-corrected chi connectivity index (χ2v) is 9.51. The molecule has 33 heavy (non-hydrogen) atoms. The lowest BCUT2D eigenvalue weighted by Crippen LogP contribution is -2.32. The number of hydrogen-bond acceptors (Lipinski definition) is 3. The molecular formula is C27H35N5S. The van der Waals surface area contributed by atoms with Crippen molar-refractivity contribution in [3.63, 3.8) is 0 Å². The second-order valence-electron chi connectivity index (χ2n) is 9.12. The van der Waals surface area contributed by atoms with E-state index in [0.717, 1.165) is 36.7 Å². The maximum Gasteiger partial charge on any atom is 0.170 e. The lowest BCUT2D eigenvalue weighted by molar-refractivity contribution is 0.292. The molecule has 1 fully saturated rings. The first-order chi connectivity index (χ1) is 15.9. The Bertz CT molecular complexity index is 1100. The molecule has 1 aliphatic heterocycles. The topological polar surface area (TPSA) is 36.3 Å². The third kappa shape index (κ3) is 4.68. The largest absolute Gasteiger partial charge is 0.352 e. The molecule has 1 aliphatic rings. The minimum atomic E-state index is 0.0217. The molecule has 0 aliphatic carbocycles. The van der Waals surface area contributed by atoms with Crippen molar-refractivity contribution in [1.82, 2.24) is 24.7 Å². The molecule has 1 aromatic carbocycles. The number of aryl methyl sites for hydroxylation is 2. The predicted octanol–water partition coefficient (Wildman–Crippen LogP) is 4.98. The van der Waals surface area contributed by atoms with Crippen LogP contribution in [0, 0.1) is 13.8 Å². The molecule has 3 aromatic rings. The zero-order chi connectivity index (χ0) is 23.5. The van der Waals surface area contributed by atoms with Crippen LogP contribution in [0.1, 0.15) is 53.6 Å². The maximum absolute atomic E-state index is 5.86. The highest BCUT2D eigenvalue weighted by Gasteiger charge is 2.41. The van der Waals surface area contributed by atoms with Gasteiger partial charge in [0.15, 0.2) is 5.11 Å². The first kappa shape index (κ1) is 23.5. The first-order valence-corrected chi connectivity index (χ1v) is 12.2. The van der Waals surface area contributed by atoms with E-state index < -0.39 is 0 Å². The van der Waals surface area contributed by atoms with E-state index in [-0.39, 0.29) is 12.1 Å². The summed E-state index contributed by atoms with van der Waals surface area (Å²) >= 11 is 5.86. The Morgan fingerprint density at radius 3 is 2.55 bits per heavy atom. The van der Waals surface area contributed by atoms with E-state index in [4.69, 9.17) is 17.2 Å². The van der Waals surface area contributed by atoms with Crippen LogP contribution in [0.5, 0.6) is 0 Å². The zero-order valence-corrected chi connectivity index (χ0v) is 21.2. The molecule has 0 radical (unpaired) electrons. The maximum atomic E-state index is 5.86. The normalized spacial score (nSPS) is 18.2. The molecule has 3 heterocycles. The lowest BCUT2D eigenvalue weighted by atomic mass is 9.96. The second kappa shape index (κ2) is 10.1. The molecule has 0 amide bonds. The fraction of sp³-hybridized carbons (Fsp3) is 0.407. The number of nitrogens with zero attached hydrogens (tertiary/aromatic N) is 4. The number of benzene rings is 1. The van der Waals surface area contributed by atoms with Crippen LogP contribution in [-0.4, -0.2) is 51.6 Å². The van der Waals surface area contributed by atoms with Gasteiger partial charge in [-0.25, -0.2) is 0 Å². The van der Waals surface area contributed by atoms with Crippen LogP contribution in [0.15, 0.2) is 54.7 Å². The van der Waals surface area contributed by atoms with Gasteiger partial charge in [-0.1, -0.05) is 31.2 Å². The van der Waals surface area contributed by atoms with Crippen molar-refractivity contribution in [1.29, 1.82) is 0 Å². The van der Waals surface area contributed by atoms with E-state index in [0.29, 0.717) is 0 Å². The highest BCUT2D eigenvalue weighted by atomic mass is 32.1. The number of thiocarbonyl (C=S) groups is 1. The van der Waals surface area contributed by atoms with E-state index in [1.807, 2.05) is 12.3 Å². The van der Waals surface area contributed by atoms with Crippen molar-refractivity contribution in [2.24, 2.45) is 0 Å². The quantitative estimate of drug-likeness (QED) is 0.479. The van der Waals surface area contributed by atoms with Crippen molar-refractivity contribution in [3.8, 4) is 5.69 Å². The Morgan fingerprint density at radius 1 is 1.09 bits per heavy atom. The molecule has 5 nitrogen and oxygen atoms in total. The van der Waals surface area contributed by atoms with E-state index in [9.17, 15) is 0 Å². The van der Waals surface area contributed by atoms with Gasteiger partial charge in [-0.05, 0) is 94.9 Å². The Labute approximate surface area is 203 Å². The molecule has 1 N–H and O–H groups in total. The van der Waals surface area contributed by atoms with Gasteiger partial charge in [-0.2, -0.15) is 0 Å². The molecule has 174 valence electrons. The van der Waals surface area contributed by atoms with Gasteiger partial charge in [0.2, 0.25) is 0 Å². The summed E-state index contributed by atoms with van der Waals surface area (Å²) in [6, 6.07) is 17.3. The minimum absolute atomic E-state index is 0.0217. The highest BCUT2D eigenvalue weighted by molar-refractivity contribution is 7.80. The summed E-state index contributed by atoms with van der Waals surface area (Å²) < 4.78 is 2.41. The monoisotopic (exact) mass is 461 g/mol. The van der Waals surface area contributed by atoms with Gasteiger partial charge < -0.3 is 19.7 Å². The van der Waals surface area contributed by atoms with Crippen LogP contribution < -0.4 is 5.32 Å². The third-order valence-electron chi connectivity index (χ3n) is 6.60. The van der Waals surface area contributed by atoms with Crippen LogP contribution in [0.25, 0.3) is 5.69 Å². The van der Waals surface area contributed by atoms with Gasteiger partial charge in [-0.15, -0.1) is 0 Å². The van der Waals surface area contributed by atoms with Crippen LogP contribution >= 0.6 is 12.2 Å². The summed E-state index contributed by atoms with van der Waals surface area (Å²) in [7, 11) is 4.24. The molecule has 0 spiro atoms. The van der Waals surface area contributed by atoms with Gasteiger partial charge in [0.05, 0.1) is 17.8 Å². The highest BCUT2D eigenvalue weighted by Crippen LogP contribution is 2.41. The number of rotatable bonds is 8. The molecule has 4 rings (SSSR count). The number of aromatic nitrogens is 2. The van der Waals surface area contributed by atoms with Gasteiger partial charge >= 0.3 is 0 Å². The van der Waals surface area contributed by atoms with Crippen LogP contribution in [0.2, 0.25) is 0 Å². The SMILES string of the molecule is CCc1ccccc1-n1c(C)cc([C@H]2[C@@H](c3ccccn3)NC(=S)N2CCCN(C)C)c1C. The molecule has 2 atom stereocenters. The summed E-state index contributed by atoms with van der Waals surface area (Å²) in [6.07, 6.45) is 3.93. The smallest absolute Gasteiger partial charge is 0.170 e. The molecule has 2 aromatic heterocycles. The average Bonchev–Trinajstić information content (AvgIpc) is 3.29. The van der Waals surface area contributed by atoms with Crippen molar-refractivity contribution >= 4 is 17.3 Å². The zero-order valence-electron chi connectivity index (χ0n) is 20.4. The average molecular weight is 462 g/mol. The lowest BCUT2D eigenvalue weighted by Gasteiger charge is -2.28. The summed E-state index contributed by atoms with van der Waals surface area (Å²) in [6.45, 7) is 8.60. The molecule has 0 bridgehead atoms. The Kier molecular flexibility index (Phi) is 7.15. The number of nitrogens with one attached hydrogen (secondary N) is 1.